The molecule has 1 aliphatic heterocycles. The highest BCUT2D eigenvalue weighted by molar-refractivity contribution is 5.78. The standard InChI is InChI=1S/C20H32N2O4/c1-4-26-14-6-11-21-20(23)16-9-12-22(13-10-16)15-17-7-5-8-18(24-2)19(17)25-3/h5,7-8,16H,4,6,9-15H2,1-3H3,(H,21,23). The monoisotopic (exact) mass is 364 g/mol. The maximum Gasteiger partial charge on any atom is 0.223 e. The molecule has 0 aliphatic carbocycles. The first-order valence-corrected chi connectivity index (χ1v) is 9.47. The number of piperidine rings is 1. The van der Waals surface area contributed by atoms with Crippen LogP contribution in [0.15, 0.2) is 18.2 Å². The van der Waals surface area contributed by atoms with E-state index in [0.29, 0.717) is 13.2 Å². The Labute approximate surface area is 156 Å². The van der Waals surface area contributed by atoms with Crippen LogP contribution in [0.4, 0.5) is 0 Å². The van der Waals surface area contributed by atoms with Crippen molar-refractivity contribution in [1.82, 2.24) is 10.2 Å². The summed E-state index contributed by atoms with van der Waals surface area (Å²) in [6.07, 6.45) is 2.65. The molecule has 26 heavy (non-hydrogen) atoms. The summed E-state index contributed by atoms with van der Waals surface area (Å²) in [5.41, 5.74) is 1.12. The third-order valence-electron chi connectivity index (χ3n) is 4.81. The molecule has 6 nitrogen and oxygen atoms in total. The number of rotatable bonds is 10. The highest BCUT2D eigenvalue weighted by Crippen LogP contribution is 2.32. The van der Waals surface area contributed by atoms with Crippen molar-refractivity contribution in [2.75, 3.05) is 47.1 Å². The van der Waals surface area contributed by atoms with Gasteiger partial charge in [0.25, 0.3) is 0 Å². The van der Waals surface area contributed by atoms with E-state index in [4.69, 9.17) is 14.2 Å². The summed E-state index contributed by atoms with van der Waals surface area (Å²) in [7, 11) is 3.32. The molecule has 1 heterocycles. The van der Waals surface area contributed by atoms with Crippen LogP contribution in [0.3, 0.4) is 0 Å². The zero-order chi connectivity index (χ0) is 18.8. The second-order valence-corrected chi connectivity index (χ2v) is 6.54. The molecule has 0 radical (unpaired) electrons. The molecule has 0 aromatic heterocycles. The number of para-hydroxylation sites is 1. The third-order valence-corrected chi connectivity index (χ3v) is 4.81. The molecular weight excluding hydrogens is 332 g/mol. The zero-order valence-corrected chi connectivity index (χ0v) is 16.3. The molecule has 1 aromatic rings. The van der Waals surface area contributed by atoms with E-state index in [1.54, 1.807) is 14.2 Å². The van der Waals surface area contributed by atoms with Crippen LogP contribution in [0.2, 0.25) is 0 Å². The lowest BCUT2D eigenvalue weighted by atomic mass is 9.95. The number of hydrogen-bond donors (Lipinski definition) is 1. The van der Waals surface area contributed by atoms with Gasteiger partial charge in [0.15, 0.2) is 11.5 Å². The molecule has 1 N–H and O–H groups in total. The van der Waals surface area contributed by atoms with Crippen molar-refractivity contribution < 1.29 is 19.0 Å². The van der Waals surface area contributed by atoms with Gasteiger partial charge in [0, 0.05) is 37.8 Å². The smallest absolute Gasteiger partial charge is 0.223 e. The number of likely N-dealkylation sites (tertiary alicyclic amines) is 1. The van der Waals surface area contributed by atoms with Crippen molar-refractivity contribution in [3.05, 3.63) is 23.8 Å². The minimum absolute atomic E-state index is 0.116. The molecule has 0 saturated carbocycles. The van der Waals surface area contributed by atoms with Gasteiger partial charge in [0.05, 0.1) is 14.2 Å². The van der Waals surface area contributed by atoms with E-state index in [2.05, 4.69) is 16.3 Å². The molecule has 0 bridgehead atoms. The van der Waals surface area contributed by atoms with E-state index < -0.39 is 0 Å². The van der Waals surface area contributed by atoms with E-state index in [0.717, 1.165) is 62.6 Å². The van der Waals surface area contributed by atoms with Gasteiger partial charge < -0.3 is 19.5 Å². The predicted octanol–water partition coefficient (Wildman–Crippen LogP) is 2.46. The summed E-state index contributed by atoms with van der Waals surface area (Å²) >= 11 is 0. The van der Waals surface area contributed by atoms with Crippen LogP contribution in [0, 0.1) is 5.92 Å². The first kappa shape index (κ1) is 20.5. The number of carbonyl (C=O) groups is 1. The number of carbonyl (C=O) groups excluding carboxylic acids is 1. The average molecular weight is 364 g/mol. The summed E-state index contributed by atoms with van der Waals surface area (Å²) in [6, 6.07) is 5.96. The van der Waals surface area contributed by atoms with Crippen molar-refractivity contribution in [1.29, 1.82) is 0 Å². The minimum Gasteiger partial charge on any atom is -0.493 e. The Bertz CT molecular complexity index is 557. The minimum atomic E-state index is 0.116. The Morgan fingerprint density at radius 1 is 1.23 bits per heavy atom. The normalized spacial score (nSPS) is 15.7. The first-order chi connectivity index (χ1) is 12.7. The van der Waals surface area contributed by atoms with Crippen LogP contribution < -0.4 is 14.8 Å². The SMILES string of the molecule is CCOCCCNC(=O)C1CCN(Cc2cccc(OC)c2OC)CC1. The molecule has 1 saturated heterocycles. The number of benzene rings is 1. The summed E-state index contributed by atoms with van der Waals surface area (Å²) in [5, 5.41) is 3.04. The Hall–Kier alpha value is -1.79. The summed E-state index contributed by atoms with van der Waals surface area (Å²) < 4.78 is 16.2. The van der Waals surface area contributed by atoms with Crippen molar-refractivity contribution in [2.45, 2.75) is 32.7 Å². The quantitative estimate of drug-likeness (QED) is 0.646. The van der Waals surface area contributed by atoms with Gasteiger partial charge in [-0.25, -0.2) is 0 Å². The van der Waals surface area contributed by atoms with Crippen LogP contribution in [0.5, 0.6) is 11.5 Å². The fourth-order valence-corrected chi connectivity index (χ4v) is 3.35. The van der Waals surface area contributed by atoms with Gasteiger partial charge in [0.1, 0.15) is 0 Å². The van der Waals surface area contributed by atoms with E-state index in [-0.39, 0.29) is 11.8 Å². The molecule has 0 atom stereocenters. The Morgan fingerprint density at radius 3 is 2.65 bits per heavy atom. The van der Waals surface area contributed by atoms with Crippen molar-refractivity contribution >= 4 is 5.91 Å². The number of nitrogens with zero attached hydrogens (tertiary/aromatic N) is 1. The average Bonchev–Trinajstić information content (AvgIpc) is 2.68. The molecule has 146 valence electrons. The maximum absolute atomic E-state index is 12.3. The lowest BCUT2D eigenvalue weighted by Crippen LogP contribution is -2.40. The number of hydrogen-bond acceptors (Lipinski definition) is 5. The van der Waals surface area contributed by atoms with E-state index >= 15 is 0 Å². The number of nitrogens with one attached hydrogen (secondary N) is 1. The van der Waals surface area contributed by atoms with Crippen molar-refractivity contribution in [2.24, 2.45) is 5.92 Å². The lowest BCUT2D eigenvalue weighted by molar-refractivity contribution is -0.126. The molecule has 0 unspecified atom stereocenters. The Kier molecular flexibility index (Phi) is 8.71. The Balaban J connectivity index is 1.77. The summed E-state index contributed by atoms with van der Waals surface area (Å²) in [5.74, 6) is 1.85. The van der Waals surface area contributed by atoms with Crippen LogP contribution in [-0.4, -0.2) is 57.9 Å². The van der Waals surface area contributed by atoms with Crippen molar-refractivity contribution in [3.63, 3.8) is 0 Å². The molecule has 2 rings (SSSR count). The largest absolute Gasteiger partial charge is 0.493 e. The van der Waals surface area contributed by atoms with E-state index in [1.807, 2.05) is 19.1 Å². The topological polar surface area (TPSA) is 60.0 Å². The van der Waals surface area contributed by atoms with E-state index in [1.165, 1.54) is 0 Å². The molecular formula is C20H32N2O4. The molecule has 6 heteroatoms. The second kappa shape index (κ2) is 11.0. The van der Waals surface area contributed by atoms with Gasteiger partial charge in [-0.15, -0.1) is 0 Å². The number of amides is 1. The molecule has 0 spiro atoms. The fraction of sp³-hybridized carbons (Fsp3) is 0.650. The van der Waals surface area contributed by atoms with Gasteiger partial charge in [-0.1, -0.05) is 12.1 Å². The van der Waals surface area contributed by atoms with Crippen LogP contribution in [0.1, 0.15) is 31.7 Å². The van der Waals surface area contributed by atoms with Gasteiger partial charge in [0.2, 0.25) is 5.91 Å². The van der Waals surface area contributed by atoms with Crippen LogP contribution >= 0.6 is 0 Å². The third kappa shape index (κ3) is 5.88. The van der Waals surface area contributed by atoms with Crippen molar-refractivity contribution in [3.8, 4) is 11.5 Å². The van der Waals surface area contributed by atoms with E-state index in [9.17, 15) is 4.79 Å². The lowest BCUT2D eigenvalue weighted by Gasteiger charge is -2.31. The molecule has 1 amide bonds. The molecule has 1 aromatic carbocycles. The predicted molar refractivity (Wildman–Crippen MR) is 102 cm³/mol. The zero-order valence-electron chi connectivity index (χ0n) is 16.3. The van der Waals surface area contributed by atoms with Gasteiger partial charge in [-0.05, 0) is 45.3 Å². The van der Waals surface area contributed by atoms with Crippen LogP contribution in [-0.2, 0) is 16.1 Å². The first-order valence-electron chi connectivity index (χ1n) is 9.47. The van der Waals surface area contributed by atoms with Crippen LogP contribution in [0.25, 0.3) is 0 Å². The number of methoxy groups -OCH3 is 2. The molecule has 1 aliphatic rings. The fourth-order valence-electron chi connectivity index (χ4n) is 3.35. The Morgan fingerprint density at radius 2 is 2.00 bits per heavy atom. The van der Waals surface area contributed by atoms with Gasteiger partial charge >= 0.3 is 0 Å². The summed E-state index contributed by atoms with van der Waals surface area (Å²) in [6.45, 7) is 6.74. The maximum atomic E-state index is 12.3. The summed E-state index contributed by atoms with van der Waals surface area (Å²) in [4.78, 5) is 14.6. The highest BCUT2D eigenvalue weighted by Gasteiger charge is 2.25. The number of ether oxygens (including phenoxy) is 3. The van der Waals surface area contributed by atoms with Gasteiger partial charge in [-0.2, -0.15) is 0 Å². The second-order valence-electron chi connectivity index (χ2n) is 6.54. The van der Waals surface area contributed by atoms with Gasteiger partial charge in [-0.3, -0.25) is 9.69 Å². The highest BCUT2D eigenvalue weighted by atomic mass is 16.5. The molecule has 1 fully saturated rings.